The lowest BCUT2D eigenvalue weighted by Crippen LogP contribution is -2.32. The highest BCUT2D eigenvalue weighted by Crippen LogP contribution is 2.34. The maximum atomic E-state index is 11.8. The van der Waals surface area contributed by atoms with Gasteiger partial charge in [-0.1, -0.05) is 54.6 Å². The standard InChI is InChI=1S/C47H39N3O5/c1-2-54-35(26-50-44-14-8-5-11-38(44)41-23-33(29-53)17-20-47(41)50)30-55-34(24-48-42-12-6-3-9-36(42)39-21-31(27-51)15-18-45(39)48)25-49-43-13-7-4-10-37(43)40-22-32(28-52)16-19-46(40)49/h3-23,27-29,34-35H,2,24-26,30H2,1H3. The van der Waals surface area contributed by atoms with Gasteiger partial charge in [0.05, 0.1) is 38.4 Å². The van der Waals surface area contributed by atoms with Gasteiger partial charge in [-0.25, -0.2) is 0 Å². The van der Waals surface area contributed by atoms with Crippen LogP contribution in [-0.2, 0) is 29.1 Å². The normalized spacial score (nSPS) is 12.5. The number of benzene rings is 6. The Bertz CT molecular complexity index is 2790. The molecule has 1 atom stereocenters. The number of carbonyl (C=O) groups is 3. The average molecular weight is 726 g/mol. The van der Waals surface area contributed by atoms with E-state index < -0.39 is 0 Å². The van der Waals surface area contributed by atoms with Gasteiger partial charge in [-0.3, -0.25) is 14.4 Å². The maximum absolute atomic E-state index is 11.8. The molecular formula is C47H39N3O5. The van der Waals surface area contributed by atoms with Crippen molar-refractivity contribution >= 4 is 84.3 Å². The van der Waals surface area contributed by atoms with Crippen molar-refractivity contribution in [2.45, 2.75) is 38.8 Å². The van der Waals surface area contributed by atoms with Gasteiger partial charge in [-0.2, -0.15) is 0 Å². The second-order valence-corrected chi connectivity index (χ2v) is 14.1. The van der Waals surface area contributed by atoms with Crippen LogP contribution in [0.15, 0.2) is 127 Å². The van der Waals surface area contributed by atoms with Gasteiger partial charge in [0.25, 0.3) is 0 Å². The van der Waals surface area contributed by atoms with Crippen LogP contribution in [0.5, 0.6) is 0 Å². The topological polar surface area (TPSA) is 84.5 Å². The quantitative estimate of drug-likeness (QED) is 0.104. The molecule has 0 fully saturated rings. The first kappa shape index (κ1) is 34.4. The summed E-state index contributed by atoms with van der Waals surface area (Å²) in [5.41, 5.74) is 8.20. The molecule has 9 aromatic rings. The number of hydrogen-bond donors (Lipinski definition) is 0. The Labute approximate surface area is 317 Å². The number of carbonyl (C=O) groups excluding carboxylic acids is 3. The van der Waals surface area contributed by atoms with E-state index in [1.54, 1.807) is 0 Å². The van der Waals surface area contributed by atoms with Gasteiger partial charge in [0.1, 0.15) is 18.9 Å². The van der Waals surface area contributed by atoms with E-state index >= 15 is 0 Å². The highest BCUT2D eigenvalue weighted by atomic mass is 16.5. The first-order chi connectivity index (χ1) is 27.1. The summed E-state index contributed by atoms with van der Waals surface area (Å²) in [6.07, 6.45) is 2.08. The van der Waals surface area contributed by atoms with E-state index in [1.807, 2.05) is 97.9 Å². The fourth-order valence-corrected chi connectivity index (χ4v) is 8.43. The minimum atomic E-state index is -0.314. The molecule has 0 aliphatic rings. The van der Waals surface area contributed by atoms with Gasteiger partial charge in [0.2, 0.25) is 0 Å². The number of fused-ring (bicyclic) bond motifs is 9. The van der Waals surface area contributed by atoms with E-state index in [4.69, 9.17) is 9.47 Å². The lowest BCUT2D eigenvalue weighted by Gasteiger charge is -2.25. The monoisotopic (exact) mass is 725 g/mol. The van der Waals surface area contributed by atoms with Crippen LogP contribution in [0.1, 0.15) is 38.0 Å². The Kier molecular flexibility index (Phi) is 9.06. The summed E-state index contributed by atoms with van der Waals surface area (Å²) in [7, 11) is 0. The molecule has 9 rings (SSSR count). The van der Waals surface area contributed by atoms with Crippen molar-refractivity contribution in [1.82, 2.24) is 13.7 Å². The molecule has 3 aromatic heterocycles. The summed E-state index contributed by atoms with van der Waals surface area (Å²) < 4.78 is 20.4. The Balaban J connectivity index is 1.13. The fourth-order valence-electron chi connectivity index (χ4n) is 8.43. The van der Waals surface area contributed by atoms with Crippen molar-refractivity contribution in [3.8, 4) is 0 Å². The molecule has 6 aromatic carbocycles. The van der Waals surface area contributed by atoms with Crippen LogP contribution in [0.4, 0.5) is 0 Å². The number of aldehydes is 3. The summed E-state index contributed by atoms with van der Waals surface area (Å²) in [5.74, 6) is 0. The highest BCUT2D eigenvalue weighted by molar-refractivity contribution is 6.11. The minimum absolute atomic E-state index is 0.279. The molecule has 8 heteroatoms. The molecule has 0 N–H and O–H groups in total. The second-order valence-electron chi connectivity index (χ2n) is 14.1. The summed E-state index contributed by atoms with van der Waals surface area (Å²) in [6.45, 7) is 4.48. The molecule has 0 saturated heterocycles. The Morgan fingerprint density at radius 2 is 0.782 bits per heavy atom. The molecule has 0 amide bonds. The van der Waals surface area contributed by atoms with Gasteiger partial charge < -0.3 is 23.2 Å². The zero-order valence-corrected chi connectivity index (χ0v) is 30.4. The number of hydrogen-bond acceptors (Lipinski definition) is 5. The number of rotatable bonds is 14. The molecule has 272 valence electrons. The molecule has 0 radical (unpaired) electrons. The third kappa shape index (κ3) is 6.09. The molecule has 0 bridgehead atoms. The summed E-state index contributed by atoms with van der Waals surface area (Å²) in [4.78, 5) is 35.3. The van der Waals surface area contributed by atoms with Gasteiger partial charge >= 0.3 is 0 Å². The number of para-hydroxylation sites is 3. The van der Waals surface area contributed by atoms with Gasteiger partial charge in [0.15, 0.2) is 0 Å². The molecule has 0 aliphatic heterocycles. The average Bonchev–Trinajstić information content (AvgIpc) is 3.84. The predicted octanol–water partition coefficient (Wildman–Crippen LogP) is 9.64. The van der Waals surface area contributed by atoms with Gasteiger partial charge in [0, 0.05) is 88.7 Å². The molecule has 0 aliphatic carbocycles. The second kappa shape index (κ2) is 14.5. The fraction of sp³-hybridized carbons (Fsp3) is 0.170. The smallest absolute Gasteiger partial charge is 0.150 e. The van der Waals surface area contributed by atoms with Crippen molar-refractivity contribution in [2.75, 3.05) is 13.2 Å². The van der Waals surface area contributed by atoms with Crippen LogP contribution in [-0.4, -0.2) is 58.0 Å². The zero-order valence-electron chi connectivity index (χ0n) is 30.4. The van der Waals surface area contributed by atoms with E-state index in [1.165, 1.54) is 0 Å². The molecule has 1 unspecified atom stereocenters. The molecule has 0 saturated carbocycles. The van der Waals surface area contributed by atoms with Crippen LogP contribution in [0.2, 0.25) is 0 Å². The third-order valence-corrected chi connectivity index (χ3v) is 10.9. The molecule has 55 heavy (non-hydrogen) atoms. The van der Waals surface area contributed by atoms with Gasteiger partial charge in [-0.05, 0) is 79.7 Å². The van der Waals surface area contributed by atoms with E-state index in [-0.39, 0.29) is 12.2 Å². The van der Waals surface area contributed by atoms with Crippen LogP contribution in [0, 0.1) is 0 Å². The third-order valence-electron chi connectivity index (χ3n) is 10.9. The molecule has 3 heterocycles. The summed E-state index contributed by atoms with van der Waals surface area (Å²) in [5, 5.41) is 6.32. The van der Waals surface area contributed by atoms with Crippen molar-refractivity contribution in [2.24, 2.45) is 0 Å². The zero-order chi connectivity index (χ0) is 37.5. The Hall–Kier alpha value is -6.35. The Morgan fingerprint density at radius 1 is 0.436 bits per heavy atom. The van der Waals surface area contributed by atoms with E-state index in [9.17, 15) is 14.4 Å². The van der Waals surface area contributed by atoms with Gasteiger partial charge in [-0.15, -0.1) is 0 Å². The molecular weight excluding hydrogens is 687 g/mol. The maximum Gasteiger partial charge on any atom is 0.150 e. The molecule has 0 spiro atoms. The first-order valence-corrected chi connectivity index (χ1v) is 18.7. The van der Waals surface area contributed by atoms with Crippen LogP contribution in [0.3, 0.4) is 0 Å². The summed E-state index contributed by atoms with van der Waals surface area (Å²) in [6, 6.07) is 42.4. The number of ether oxygens (including phenoxy) is 2. The SMILES string of the molecule is CCOC(COC(Cn1c2ccccc2c2cc(C=O)ccc21)Cn1c2ccccc2c2cc(C=O)ccc21)Cn1c2ccccc2c2cc(C=O)ccc21. The predicted molar refractivity (Wildman–Crippen MR) is 220 cm³/mol. The molecule has 8 nitrogen and oxygen atoms in total. The van der Waals surface area contributed by atoms with E-state index in [0.29, 0.717) is 49.5 Å². The largest absolute Gasteiger partial charge is 0.374 e. The van der Waals surface area contributed by atoms with E-state index in [2.05, 4.69) is 50.1 Å². The minimum Gasteiger partial charge on any atom is -0.374 e. The van der Waals surface area contributed by atoms with Crippen LogP contribution >= 0.6 is 0 Å². The van der Waals surface area contributed by atoms with E-state index in [0.717, 1.165) is 84.3 Å². The lowest BCUT2D eigenvalue weighted by atomic mass is 10.1. The van der Waals surface area contributed by atoms with Crippen LogP contribution in [0.25, 0.3) is 65.4 Å². The highest BCUT2D eigenvalue weighted by Gasteiger charge is 2.23. The number of nitrogens with zero attached hydrogens (tertiary/aromatic N) is 3. The van der Waals surface area contributed by atoms with Crippen molar-refractivity contribution in [3.63, 3.8) is 0 Å². The van der Waals surface area contributed by atoms with Crippen molar-refractivity contribution in [3.05, 3.63) is 144 Å². The Morgan fingerprint density at radius 3 is 1.15 bits per heavy atom. The summed E-state index contributed by atoms with van der Waals surface area (Å²) >= 11 is 0. The lowest BCUT2D eigenvalue weighted by molar-refractivity contribution is -0.0539. The van der Waals surface area contributed by atoms with Crippen LogP contribution < -0.4 is 0 Å². The van der Waals surface area contributed by atoms with Crippen molar-refractivity contribution in [1.29, 1.82) is 0 Å². The van der Waals surface area contributed by atoms with Crippen molar-refractivity contribution < 1.29 is 23.9 Å². The number of aromatic nitrogens is 3. The first-order valence-electron chi connectivity index (χ1n) is 18.7.